The minimum Gasteiger partial charge on any atom is -0.377 e. The van der Waals surface area contributed by atoms with E-state index in [0.29, 0.717) is 12.3 Å². The molecule has 0 aromatic heterocycles. The molecule has 7 nitrogen and oxygen atoms in total. The predicted molar refractivity (Wildman–Crippen MR) is 129 cm³/mol. The van der Waals surface area contributed by atoms with Crippen molar-refractivity contribution in [2.45, 2.75) is 43.1 Å². The number of rotatable bonds is 9. The summed E-state index contributed by atoms with van der Waals surface area (Å²) >= 11 is 6.15. The van der Waals surface area contributed by atoms with Crippen LogP contribution in [0.4, 0.5) is 5.69 Å². The fraction of sp³-hybridized carbons (Fsp3) is 0.458. The number of nitrogens with zero attached hydrogens (tertiary/aromatic N) is 1. The van der Waals surface area contributed by atoms with Crippen LogP contribution in [-0.2, 0) is 21.2 Å². The zero-order valence-corrected chi connectivity index (χ0v) is 20.1. The van der Waals surface area contributed by atoms with Crippen molar-refractivity contribution in [3.8, 4) is 0 Å². The molecule has 33 heavy (non-hydrogen) atoms. The first kappa shape index (κ1) is 24.2. The van der Waals surface area contributed by atoms with Gasteiger partial charge in [-0.1, -0.05) is 23.7 Å². The van der Waals surface area contributed by atoms with Gasteiger partial charge in [-0.25, -0.2) is 13.1 Å². The molecule has 178 valence electrons. The highest BCUT2D eigenvalue weighted by Gasteiger charge is 2.23. The Labute approximate surface area is 200 Å². The number of halogens is 1. The van der Waals surface area contributed by atoms with Gasteiger partial charge >= 0.3 is 0 Å². The van der Waals surface area contributed by atoms with Crippen LogP contribution in [0.3, 0.4) is 0 Å². The zero-order valence-electron chi connectivity index (χ0n) is 18.6. The van der Waals surface area contributed by atoms with E-state index in [9.17, 15) is 13.2 Å². The van der Waals surface area contributed by atoms with E-state index in [4.69, 9.17) is 16.3 Å². The maximum absolute atomic E-state index is 12.8. The second-order valence-electron chi connectivity index (χ2n) is 8.58. The second-order valence-corrected chi connectivity index (χ2v) is 10.7. The SMILES string of the molecule is O=C(Nc1ccc(CCN2CCCC2)cc1)c1ccc(Cl)c(S(=O)(=O)NCC2CCCO2)c1. The Hall–Kier alpha value is -1.97. The van der Waals surface area contributed by atoms with Gasteiger partial charge in [0.15, 0.2) is 0 Å². The average Bonchev–Trinajstić information content (AvgIpc) is 3.52. The molecule has 2 aromatic rings. The van der Waals surface area contributed by atoms with Crippen LogP contribution in [0.5, 0.6) is 0 Å². The van der Waals surface area contributed by atoms with Gasteiger partial charge in [0.1, 0.15) is 4.90 Å². The molecule has 0 spiro atoms. The van der Waals surface area contributed by atoms with E-state index < -0.39 is 15.9 Å². The molecule has 2 saturated heterocycles. The largest absolute Gasteiger partial charge is 0.377 e. The summed E-state index contributed by atoms with van der Waals surface area (Å²) in [5.74, 6) is -0.396. The van der Waals surface area contributed by atoms with Crippen molar-refractivity contribution < 1.29 is 17.9 Å². The molecule has 1 amide bonds. The topological polar surface area (TPSA) is 87.7 Å². The van der Waals surface area contributed by atoms with Crippen LogP contribution >= 0.6 is 11.6 Å². The Balaban J connectivity index is 1.37. The number of sulfonamides is 1. The molecule has 2 aliphatic heterocycles. The number of carbonyl (C=O) groups is 1. The molecule has 2 fully saturated rings. The summed E-state index contributed by atoms with van der Waals surface area (Å²) in [6.45, 7) is 4.23. The molecule has 1 atom stereocenters. The van der Waals surface area contributed by atoms with Gasteiger partial charge in [0, 0.05) is 30.9 Å². The Morgan fingerprint density at radius 3 is 2.55 bits per heavy atom. The van der Waals surface area contributed by atoms with Crippen LogP contribution in [0, 0.1) is 0 Å². The van der Waals surface area contributed by atoms with Gasteiger partial charge in [-0.05, 0) is 81.1 Å². The quantitative estimate of drug-likeness (QED) is 0.558. The Morgan fingerprint density at radius 2 is 1.85 bits per heavy atom. The summed E-state index contributed by atoms with van der Waals surface area (Å²) in [4.78, 5) is 15.1. The number of hydrogen-bond acceptors (Lipinski definition) is 5. The summed E-state index contributed by atoms with van der Waals surface area (Å²) in [7, 11) is -3.87. The second kappa shape index (κ2) is 11.0. The van der Waals surface area contributed by atoms with Gasteiger partial charge in [-0.3, -0.25) is 4.79 Å². The van der Waals surface area contributed by atoms with E-state index in [2.05, 4.69) is 14.9 Å². The number of nitrogens with one attached hydrogen (secondary N) is 2. The van der Waals surface area contributed by atoms with Gasteiger partial charge in [0.25, 0.3) is 5.91 Å². The highest BCUT2D eigenvalue weighted by Crippen LogP contribution is 2.24. The first-order valence-electron chi connectivity index (χ1n) is 11.4. The smallest absolute Gasteiger partial charge is 0.255 e. The lowest BCUT2D eigenvalue weighted by atomic mass is 10.1. The number of amides is 1. The van der Waals surface area contributed by atoms with Crippen LogP contribution in [-0.4, -0.2) is 58.1 Å². The minimum atomic E-state index is -3.87. The van der Waals surface area contributed by atoms with Crippen LogP contribution in [0.25, 0.3) is 0 Å². The lowest BCUT2D eigenvalue weighted by Crippen LogP contribution is -2.32. The van der Waals surface area contributed by atoms with Crippen LogP contribution in [0.2, 0.25) is 5.02 Å². The van der Waals surface area contributed by atoms with Gasteiger partial charge in [0.05, 0.1) is 11.1 Å². The van der Waals surface area contributed by atoms with Crippen molar-refractivity contribution in [3.63, 3.8) is 0 Å². The summed E-state index contributed by atoms with van der Waals surface area (Å²) in [6, 6.07) is 12.0. The zero-order chi connectivity index (χ0) is 23.3. The average molecular weight is 492 g/mol. The maximum atomic E-state index is 12.8. The first-order chi connectivity index (χ1) is 15.9. The van der Waals surface area contributed by atoms with Gasteiger partial charge in [0.2, 0.25) is 10.0 Å². The molecule has 2 N–H and O–H groups in total. The highest BCUT2D eigenvalue weighted by molar-refractivity contribution is 7.89. The monoisotopic (exact) mass is 491 g/mol. The van der Waals surface area contributed by atoms with E-state index in [0.717, 1.165) is 25.8 Å². The molecule has 1 unspecified atom stereocenters. The third-order valence-electron chi connectivity index (χ3n) is 6.14. The number of ether oxygens (including phenoxy) is 1. The first-order valence-corrected chi connectivity index (χ1v) is 13.3. The van der Waals surface area contributed by atoms with Crippen molar-refractivity contribution in [2.24, 2.45) is 0 Å². The maximum Gasteiger partial charge on any atom is 0.255 e. The normalized spacial score (nSPS) is 19.1. The number of anilines is 1. The third-order valence-corrected chi connectivity index (χ3v) is 8.04. The summed E-state index contributed by atoms with van der Waals surface area (Å²) in [5.41, 5.74) is 2.09. The molecule has 0 saturated carbocycles. The standard InChI is InChI=1S/C24H30ClN3O4S/c25-22-10-7-19(16-23(22)33(30,31)26-17-21-4-3-15-32-21)24(29)27-20-8-5-18(6-9-20)11-14-28-12-1-2-13-28/h5-10,16,21,26H,1-4,11-15,17H2,(H,27,29). The molecule has 2 aromatic carbocycles. The summed E-state index contributed by atoms with van der Waals surface area (Å²) in [6.07, 6.45) is 5.14. The van der Waals surface area contributed by atoms with Crippen LogP contribution < -0.4 is 10.0 Å². The van der Waals surface area contributed by atoms with E-state index in [1.165, 1.54) is 49.7 Å². The van der Waals surface area contributed by atoms with E-state index in [-0.39, 0.29) is 28.1 Å². The summed E-state index contributed by atoms with van der Waals surface area (Å²) in [5, 5.41) is 2.89. The molecule has 9 heteroatoms. The van der Waals surface area contributed by atoms with Crippen molar-refractivity contribution >= 4 is 33.2 Å². The van der Waals surface area contributed by atoms with Crippen molar-refractivity contribution in [2.75, 3.05) is 38.1 Å². The van der Waals surface area contributed by atoms with Gasteiger partial charge in [-0.15, -0.1) is 0 Å². The number of carbonyl (C=O) groups excluding carboxylic acids is 1. The molecule has 0 aliphatic carbocycles. The fourth-order valence-electron chi connectivity index (χ4n) is 4.19. The molecule has 2 heterocycles. The lowest BCUT2D eigenvalue weighted by Gasteiger charge is -2.14. The number of hydrogen-bond donors (Lipinski definition) is 2. The Kier molecular flexibility index (Phi) is 8.03. The van der Waals surface area contributed by atoms with Crippen molar-refractivity contribution in [1.29, 1.82) is 0 Å². The number of likely N-dealkylation sites (tertiary alicyclic amines) is 1. The molecular formula is C24H30ClN3O4S. The van der Waals surface area contributed by atoms with Crippen molar-refractivity contribution in [3.05, 3.63) is 58.6 Å². The van der Waals surface area contributed by atoms with E-state index in [1.807, 2.05) is 24.3 Å². The Morgan fingerprint density at radius 1 is 1.09 bits per heavy atom. The van der Waals surface area contributed by atoms with E-state index >= 15 is 0 Å². The molecule has 0 radical (unpaired) electrons. The van der Waals surface area contributed by atoms with Crippen LogP contribution in [0.1, 0.15) is 41.6 Å². The van der Waals surface area contributed by atoms with Crippen molar-refractivity contribution in [1.82, 2.24) is 9.62 Å². The fourth-order valence-corrected chi connectivity index (χ4v) is 5.78. The summed E-state index contributed by atoms with van der Waals surface area (Å²) < 4.78 is 33.5. The predicted octanol–water partition coefficient (Wildman–Crippen LogP) is 3.69. The molecular weight excluding hydrogens is 462 g/mol. The van der Waals surface area contributed by atoms with E-state index in [1.54, 1.807) is 0 Å². The Bertz CT molecular complexity index is 1060. The molecule has 2 aliphatic rings. The van der Waals surface area contributed by atoms with Gasteiger partial charge < -0.3 is 15.0 Å². The van der Waals surface area contributed by atoms with Gasteiger partial charge in [-0.2, -0.15) is 0 Å². The van der Waals surface area contributed by atoms with Crippen LogP contribution in [0.15, 0.2) is 47.4 Å². The molecule has 4 rings (SSSR count). The highest BCUT2D eigenvalue weighted by atomic mass is 35.5. The minimum absolute atomic E-state index is 0.0637. The molecule has 0 bridgehead atoms. The lowest BCUT2D eigenvalue weighted by molar-refractivity contribution is 0.102. The number of benzene rings is 2. The third kappa shape index (κ3) is 6.55.